The average Bonchev–Trinajstić information content (AvgIpc) is 2.61. The lowest BCUT2D eigenvalue weighted by Crippen LogP contribution is -2.56. The number of hydrogen-bond donors (Lipinski definition) is 0. The van der Waals surface area contributed by atoms with Crippen molar-refractivity contribution in [1.82, 2.24) is 4.90 Å². The number of ether oxygens (including phenoxy) is 2. The van der Waals surface area contributed by atoms with Crippen LogP contribution in [-0.2, 0) is 4.74 Å². The SMILES string of the molecule is COc1ccccc1C(=O)N1CC(c2ccccc2)OCC1(C)C. The van der Waals surface area contributed by atoms with Crippen LogP contribution in [0.25, 0.3) is 0 Å². The van der Waals surface area contributed by atoms with Gasteiger partial charge >= 0.3 is 0 Å². The van der Waals surface area contributed by atoms with Crippen LogP contribution >= 0.6 is 0 Å². The molecule has 0 saturated carbocycles. The number of amides is 1. The van der Waals surface area contributed by atoms with Crippen LogP contribution in [0.3, 0.4) is 0 Å². The summed E-state index contributed by atoms with van der Waals surface area (Å²) in [7, 11) is 1.59. The molecule has 1 aliphatic rings. The van der Waals surface area contributed by atoms with Gasteiger partial charge in [-0.3, -0.25) is 4.79 Å². The van der Waals surface area contributed by atoms with E-state index in [-0.39, 0.29) is 17.6 Å². The van der Waals surface area contributed by atoms with Crippen molar-refractivity contribution in [3.05, 3.63) is 65.7 Å². The molecular weight excluding hydrogens is 302 g/mol. The van der Waals surface area contributed by atoms with Crippen molar-refractivity contribution < 1.29 is 14.3 Å². The molecule has 1 heterocycles. The standard InChI is InChI=1S/C20H23NO3/c1-20(2)14-24-18(15-9-5-4-6-10-15)13-21(20)19(22)16-11-7-8-12-17(16)23-3/h4-12,18H,13-14H2,1-3H3. The first-order valence-electron chi connectivity index (χ1n) is 8.14. The molecule has 1 unspecified atom stereocenters. The molecule has 4 heteroatoms. The van der Waals surface area contributed by atoms with Crippen molar-refractivity contribution in [2.75, 3.05) is 20.3 Å². The van der Waals surface area contributed by atoms with E-state index in [4.69, 9.17) is 9.47 Å². The molecule has 3 rings (SSSR count). The first-order chi connectivity index (χ1) is 11.5. The monoisotopic (exact) mass is 325 g/mol. The molecule has 24 heavy (non-hydrogen) atoms. The summed E-state index contributed by atoms with van der Waals surface area (Å²) < 4.78 is 11.4. The van der Waals surface area contributed by atoms with E-state index in [2.05, 4.69) is 0 Å². The summed E-state index contributed by atoms with van der Waals surface area (Å²) in [5, 5.41) is 0. The molecule has 0 radical (unpaired) electrons. The van der Waals surface area contributed by atoms with Crippen molar-refractivity contribution in [1.29, 1.82) is 0 Å². The molecule has 126 valence electrons. The maximum absolute atomic E-state index is 13.2. The van der Waals surface area contributed by atoms with Crippen molar-refractivity contribution in [2.45, 2.75) is 25.5 Å². The van der Waals surface area contributed by atoms with E-state index in [1.165, 1.54) is 0 Å². The Morgan fingerprint density at radius 3 is 2.50 bits per heavy atom. The third-order valence-electron chi connectivity index (χ3n) is 4.47. The van der Waals surface area contributed by atoms with Gasteiger partial charge in [0.05, 0.1) is 31.4 Å². The van der Waals surface area contributed by atoms with Crippen LogP contribution in [0.1, 0.15) is 35.9 Å². The van der Waals surface area contributed by atoms with Crippen LogP contribution in [0.2, 0.25) is 0 Å². The van der Waals surface area contributed by atoms with Crippen LogP contribution in [-0.4, -0.2) is 36.6 Å². The highest BCUT2D eigenvalue weighted by molar-refractivity contribution is 5.97. The Morgan fingerprint density at radius 1 is 1.12 bits per heavy atom. The number of benzene rings is 2. The molecule has 0 aliphatic carbocycles. The summed E-state index contributed by atoms with van der Waals surface area (Å²) in [4.78, 5) is 15.1. The van der Waals surface area contributed by atoms with E-state index in [1.807, 2.05) is 73.3 Å². The number of morpholine rings is 1. The molecule has 1 saturated heterocycles. The average molecular weight is 325 g/mol. The molecule has 1 fully saturated rings. The van der Waals surface area contributed by atoms with Gasteiger partial charge < -0.3 is 14.4 Å². The molecule has 1 aliphatic heterocycles. The van der Waals surface area contributed by atoms with Gasteiger partial charge in [0.1, 0.15) is 11.9 Å². The smallest absolute Gasteiger partial charge is 0.258 e. The highest BCUT2D eigenvalue weighted by Gasteiger charge is 2.39. The largest absolute Gasteiger partial charge is 0.496 e. The Kier molecular flexibility index (Phi) is 4.58. The Morgan fingerprint density at radius 2 is 1.79 bits per heavy atom. The minimum Gasteiger partial charge on any atom is -0.496 e. The Bertz CT molecular complexity index is 712. The molecule has 0 N–H and O–H groups in total. The minimum absolute atomic E-state index is 0.0262. The van der Waals surface area contributed by atoms with Crippen LogP contribution in [0, 0.1) is 0 Å². The number of carbonyl (C=O) groups excluding carboxylic acids is 1. The van der Waals surface area contributed by atoms with E-state index >= 15 is 0 Å². The van der Waals surface area contributed by atoms with Gasteiger partial charge in [0.2, 0.25) is 0 Å². The van der Waals surface area contributed by atoms with Gasteiger partial charge in [0, 0.05) is 0 Å². The molecule has 0 spiro atoms. The fraction of sp³-hybridized carbons (Fsp3) is 0.350. The fourth-order valence-electron chi connectivity index (χ4n) is 3.04. The summed E-state index contributed by atoms with van der Waals surface area (Å²) in [6, 6.07) is 17.4. The molecular formula is C20H23NO3. The van der Waals surface area contributed by atoms with Gasteiger partial charge in [0.15, 0.2) is 0 Å². The maximum Gasteiger partial charge on any atom is 0.258 e. The molecule has 1 amide bonds. The number of rotatable bonds is 3. The third-order valence-corrected chi connectivity index (χ3v) is 4.47. The van der Waals surface area contributed by atoms with Gasteiger partial charge in [-0.2, -0.15) is 0 Å². The lowest BCUT2D eigenvalue weighted by molar-refractivity contribution is -0.0847. The minimum atomic E-state index is -0.372. The second-order valence-corrected chi connectivity index (χ2v) is 6.64. The summed E-state index contributed by atoms with van der Waals surface area (Å²) in [6.45, 7) is 5.07. The number of para-hydroxylation sites is 1. The van der Waals surface area contributed by atoms with Crippen LogP contribution in [0.5, 0.6) is 5.75 Å². The summed E-state index contributed by atoms with van der Waals surface area (Å²) in [5.41, 5.74) is 1.30. The Labute approximate surface area is 143 Å². The van der Waals surface area contributed by atoms with Gasteiger partial charge in [0.25, 0.3) is 5.91 Å². The first kappa shape index (κ1) is 16.5. The molecule has 2 aromatic rings. The first-order valence-corrected chi connectivity index (χ1v) is 8.14. The fourth-order valence-corrected chi connectivity index (χ4v) is 3.04. The van der Waals surface area contributed by atoms with E-state index in [9.17, 15) is 4.79 Å². The molecule has 1 atom stereocenters. The van der Waals surface area contributed by atoms with Crippen molar-refractivity contribution in [2.24, 2.45) is 0 Å². The zero-order valence-corrected chi connectivity index (χ0v) is 14.4. The van der Waals surface area contributed by atoms with Crippen LogP contribution < -0.4 is 4.74 Å². The van der Waals surface area contributed by atoms with Crippen LogP contribution in [0.4, 0.5) is 0 Å². The van der Waals surface area contributed by atoms with Gasteiger partial charge in [-0.1, -0.05) is 42.5 Å². The number of carbonyl (C=O) groups is 1. The molecule has 0 aromatic heterocycles. The van der Waals surface area contributed by atoms with E-state index < -0.39 is 0 Å². The van der Waals surface area contributed by atoms with E-state index in [0.29, 0.717) is 24.5 Å². The lowest BCUT2D eigenvalue weighted by Gasteiger charge is -2.45. The molecule has 4 nitrogen and oxygen atoms in total. The number of methoxy groups -OCH3 is 1. The van der Waals surface area contributed by atoms with Crippen molar-refractivity contribution in [3.63, 3.8) is 0 Å². The van der Waals surface area contributed by atoms with E-state index in [0.717, 1.165) is 5.56 Å². The second kappa shape index (κ2) is 6.65. The summed E-state index contributed by atoms with van der Waals surface area (Å²) in [5.74, 6) is 0.572. The van der Waals surface area contributed by atoms with Crippen molar-refractivity contribution >= 4 is 5.91 Å². The highest BCUT2D eigenvalue weighted by atomic mass is 16.5. The van der Waals surface area contributed by atoms with Gasteiger partial charge in [-0.05, 0) is 31.5 Å². The van der Waals surface area contributed by atoms with Gasteiger partial charge in [-0.15, -0.1) is 0 Å². The quantitative estimate of drug-likeness (QED) is 0.864. The Balaban J connectivity index is 1.90. The summed E-state index contributed by atoms with van der Waals surface area (Å²) in [6.07, 6.45) is -0.113. The maximum atomic E-state index is 13.2. The molecule has 2 aromatic carbocycles. The third kappa shape index (κ3) is 3.15. The topological polar surface area (TPSA) is 38.8 Å². The van der Waals surface area contributed by atoms with Gasteiger partial charge in [-0.25, -0.2) is 0 Å². The second-order valence-electron chi connectivity index (χ2n) is 6.64. The Hall–Kier alpha value is -2.33. The highest BCUT2D eigenvalue weighted by Crippen LogP contribution is 2.32. The predicted molar refractivity (Wildman–Crippen MR) is 93.2 cm³/mol. The zero-order chi connectivity index (χ0) is 17.2. The lowest BCUT2D eigenvalue weighted by atomic mass is 9.96. The predicted octanol–water partition coefficient (Wildman–Crippen LogP) is 3.69. The number of nitrogens with zero attached hydrogens (tertiary/aromatic N) is 1. The molecule has 0 bridgehead atoms. The van der Waals surface area contributed by atoms with E-state index in [1.54, 1.807) is 7.11 Å². The van der Waals surface area contributed by atoms with Crippen LogP contribution in [0.15, 0.2) is 54.6 Å². The normalized spacial score (nSPS) is 19.8. The van der Waals surface area contributed by atoms with Crippen molar-refractivity contribution in [3.8, 4) is 5.75 Å². The summed E-state index contributed by atoms with van der Waals surface area (Å²) >= 11 is 0. The zero-order valence-electron chi connectivity index (χ0n) is 14.4. The number of hydrogen-bond acceptors (Lipinski definition) is 3.